The first-order valence-corrected chi connectivity index (χ1v) is 10.8. The summed E-state index contributed by atoms with van der Waals surface area (Å²) < 4.78 is 48.3. The largest absolute Gasteiger partial charge is 0.495 e. The minimum atomic E-state index is -1.59. The molecule has 0 unspecified atom stereocenters. The molecule has 1 aliphatic heterocycles. The molecule has 1 fully saturated rings. The number of nitrogens with zero attached hydrogens (tertiary/aromatic N) is 3. The van der Waals surface area contributed by atoms with Crippen molar-refractivity contribution in [3.8, 4) is 11.4 Å². The Kier molecular flexibility index (Phi) is 6.74. The van der Waals surface area contributed by atoms with Gasteiger partial charge < -0.3 is 19.3 Å². The fourth-order valence-corrected chi connectivity index (χ4v) is 4.17. The normalized spacial score (nSPS) is 16.2. The maximum Gasteiger partial charge on any atom is 0.250 e. The van der Waals surface area contributed by atoms with E-state index in [1.165, 1.54) is 4.90 Å². The number of methoxy groups -OCH3 is 1. The van der Waals surface area contributed by atoms with Crippen molar-refractivity contribution in [1.82, 2.24) is 14.5 Å². The Bertz CT molecular complexity index is 1230. The molecule has 0 spiro atoms. The zero-order valence-corrected chi connectivity index (χ0v) is 18.8. The van der Waals surface area contributed by atoms with E-state index in [1.807, 2.05) is 29.8 Å². The maximum absolute atomic E-state index is 13.8. The molecular formula is C25H24F3N3O3. The molecule has 1 aromatic heterocycles. The van der Waals surface area contributed by atoms with Crippen LogP contribution in [0.2, 0.25) is 0 Å². The van der Waals surface area contributed by atoms with Gasteiger partial charge in [0.2, 0.25) is 5.91 Å². The Balaban J connectivity index is 1.63. The van der Waals surface area contributed by atoms with Crippen LogP contribution >= 0.6 is 0 Å². The van der Waals surface area contributed by atoms with E-state index in [4.69, 9.17) is 4.74 Å². The quantitative estimate of drug-likeness (QED) is 0.429. The van der Waals surface area contributed by atoms with Crippen LogP contribution < -0.4 is 4.74 Å². The van der Waals surface area contributed by atoms with Crippen molar-refractivity contribution in [3.63, 3.8) is 0 Å². The highest BCUT2D eigenvalue weighted by Crippen LogP contribution is 2.31. The Labute approximate surface area is 194 Å². The SMILES string of the molecule is COc1cc(/C=C2\CCCN([C@@H](CO)c3cc(F)c(F)c(F)c3)C2=O)ccc1-n1cnc(C)c1. The van der Waals surface area contributed by atoms with E-state index in [9.17, 15) is 23.1 Å². The van der Waals surface area contributed by atoms with Crippen LogP contribution in [0.25, 0.3) is 11.8 Å². The maximum atomic E-state index is 13.8. The van der Waals surface area contributed by atoms with Gasteiger partial charge in [-0.25, -0.2) is 18.2 Å². The summed E-state index contributed by atoms with van der Waals surface area (Å²) in [5.41, 5.74) is 2.88. The summed E-state index contributed by atoms with van der Waals surface area (Å²) in [5, 5.41) is 9.91. The number of aliphatic hydroxyl groups excluding tert-OH is 1. The van der Waals surface area contributed by atoms with Crippen LogP contribution in [-0.4, -0.2) is 45.7 Å². The molecule has 3 aromatic rings. The first-order chi connectivity index (χ1) is 16.3. The predicted molar refractivity (Wildman–Crippen MR) is 120 cm³/mol. The molecule has 4 rings (SSSR count). The highest BCUT2D eigenvalue weighted by Gasteiger charge is 2.31. The topological polar surface area (TPSA) is 67.6 Å². The number of carbonyl (C=O) groups excluding carboxylic acids is 1. The number of benzene rings is 2. The van der Waals surface area contributed by atoms with Crippen molar-refractivity contribution in [1.29, 1.82) is 0 Å². The molecule has 1 N–H and O–H groups in total. The fraction of sp³-hybridized carbons (Fsp3) is 0.280. The summed E-state index contributed by atoms with van der Waals surface area (Å²) >= 11 is 0. The number of aliphatic hydroxyl groups is 1. The van der Waals surface area contributed by atoms with Crippen LogP contribution in [-0.2, 0) is 4.79 Å². The zero-order valence-electron chi connectivity index (χ0n) is 18.8. The number of hydrogen-bond donors (Lipinski definition) is 1. The summed E-state index contributed by atoms with van der Waals surface area (Å²) in [6.07, 6.45) is 6.40. The summed E-state index contributed by atoms with van der Waals surface area (Å²) in [6, 6.07) is 6.14. The van der Waals surface area contributed by atoms with Crippen LogP contribution in [0.15, 0.2) is 48.4 Å². The number of imidazole rings is 1. The van der Waals surface area contributed by atoms with Crippen LogP contribution in [0.3, 0.4) is 0 Å². The monoisotopic (exact) mass is 471 g/mol. The number of hydrogen-bond acceptors (Lipinski definition) is 4. The number of carbonyl (C=O) groups is 1. The Morgan fingerprint density at radius 1 is 1.21 bits per heavy atom. The van der Waals surface area contributed by atoms with Gasteiger partial charge in [0.05, 0.1) is 37.5 Å². The molecule has 2 aromatic carbocycles. The van der Waals surface area contributed by atoms with E-state index >= 15 is 0 Å². The van der Waals surface area contributed by atoms with Gasteiger partial charge >= 0.3 is 0 Å². The third kappa shape index (κ3) is 4.56. The minimum absolute atomic E-state index is 0.00449. The van der Waals surface area contributed by atoms with Gasteiger partial charge in [0.15, 0.2) is 17.5 Å². The van der Waals surface area contributed by atoms with Crippen LogP contribution in [0.4, 0.5) is 13.2 Å². The van der Waals surface area contributed by atoms with E-state index < -0.39 is 30.1 Å². The van der Waals surface area contributed by atoms with Crippen molar-refractivity contribution >= 4 is 12.0 Å². The Hall–Kier alpha value is -3.59. The second-order valence-electron chi connectivity index (χ2n) is 8.12. The molecule has 9 heteroatoms. The molecule has 0 aliphatic carbocycles. The first kappa shape index (κ1) is 23.6. The molecule has 178 valence electrons. The molecule has 0 saturated carbocycles. The standard InChI is InChI=1S/C25H24F3N3O3/c1-15-12-30(14-29-15)21-6-5-16(9-23(21)34-2)8-17-4-3-7-31(25(17)33)22(13-32)18-10-19(26)24(28)20(27)11-18/h5-6,8-12,14,22,32H,3-4,7,13H2,1-2H3/b17-8+/t22-/m0/s1. The summed E-state index contributed by atoms with van der Waals surface area (Å²) in [5.74, 6) is -4.08. The smallest absolute Gasteiger partial charge is 0.250 e. The van der Waals surface area contributed by atoms with E-state index in [2.05, 4.69) is 4.98 Å². The van der Waals surface area contributed by atoms with Gasteiger partial charge in [0.1, 0.15) is 5.75 Å². The summed E-state index contributed by atoms with van der Waals surface area (Å²) in [7, 11) is 1.56. The summed E-state index contributed by atoms with van der Waals surface area (Å²) in [6.45, 7) is 1.62. The molecule has 6 nitrogen and oxygen atoms in total. The lowest BCUT2D eigenvalue weighted by molar-refractivity contribution is -0.132. The lowest BCUT2D eigenvalue weighted by Crippen LogP contribution is -2.41. The van der Waals surface area contributed by atoms with Gasteiger partial charge in [-0.1, -0.05) is 6.07 Å². The number of halogens is 3. The second-order valence-corrected chi connectivity index (χ2v) is 8.12. The minimum Gasteiger partial charge on any atom is -0.495 e. The Morgan fingerprint density at radius 2 is 1.94 bits per heavy atom. The molecule has 34 heavy (non-hydrogen) atoms. The molecule has 1 atom stereocenters. The van der Waals surface area contributed by atoms with E-state index in [1.54, 1.807) is 25.6 Å². The van der Waals surface area contributed by atoms with Gasteiger partial charge in [-0.15, -0.1) is 0 Å². The van der Waals surface area contributed by atoms with Crippen molar-refractivity contribution in [2.45, 2.75) is 25.8 Å². The van der Waals surface area contributed by atoms with Gasteiger partial charge in [-0.3, -0.25) is 4.79 Å². The van der Waals surface area contributed by atoms with Gasteiger partial charge in [0.25, 0.3) is 0 Å². The molecule has 1 amide bonds. The molecule has 0 radical (unpaired) electrons. The van der Waals surface area contributed by atoms with E-state index in [-0.39, 0.29) is 11.5 Å². The number of aryl methyl sites for hydroxylation is 1. The number of piperidine rings is 1. The number of rotatable bonds is 6. The number of aromatic nitrogens is 2. The van der Waals surface area contributed by atoms with Crippen molar-refractivity contribution in [2.24, 2.45) is 0 Å². The highest BCUT2D eigenvalue weighted by molar-refractivity contribution is 5.98. The second kappa shape index (κ2) is 9.72. The lowest BCUT2D eigenvalue weighted by atomic mass is 9.96. The molecular weight excluding hydrogens is 447 g/mol. The van der Waals surface area contributed by atoms with Crippen LogP contribution in [0.1, 0.15) is 35.7 Å². The van der Waals surface area contributed by atoms with E-state index in [0.717, 1.165) is 29.1 Å². The predicted octanol–water partition coefficient (Wildman–Crippen LogP) is 4.35. The third-order valence-electron chi connectivity index (χ3n) is 5.86. The highest BCUT2D eigenvalue weighted by atomic mass is 19.2. The third-order valence-corrected chi connectivity index (χ3v) is 5.86. The molecule has 0 bridgehead atoms. The Morgan fingerprint density at radius 3 is 2.56 bits per heavy atom. The lowest BCUT2D eigenvalue weighted by Gasteiger charge is -2.35. The zero-order chi connectivity index (χ0) is 24.4. The van der Waals surface area contributed by atoms with Crippen LogP contribution in [0, 0.1) is 24.4 Å². The summed E-state index contributed by atoms with van der Waals surface area (Å²) in [4.78, 5) is 18.8. The molecule has 1 aliphatic rings. The molecule has 1 saturated heterocycles. The van der Waals surface area contributed by atoms with Crippen LogP contribution in [0.5, 0.6) is 5.75 Å². The fourth-order valence-electron chi connectivity index (χ4n) is 4.17. The van der Waals surface area contributed by atoms with Gasteiger partial charge in [0, 0.05) is 18.3 Å². The van der Waals surface area contributed by atoms with Gasteiger partial charge in [-0.05, 0) is 61.2 Å². The van der Waals surface area contributed by atoms with Crippen molar-refractivity contribution < 1.29 is 27.8 Å². The average Bonchev–Trinajstić information content (AvgIpc) is 3.26. The molecule has 2 heterocycles. The van der Waals surface area contributed by atoms with Gasteiger partial charge in [-0.2, -0.15) is 0 Å². The average molecular weight is 471 g/mol. The van der Waals surface area contributed by atoms with E-state index in [0.29, 0.717) is 30.7 Å². The number of amides is 1. The van der Waals surface area contributed by atoms with Crippen molar-refractivity contribution in [3.05, 3.63) is 82.7 Å². The number of likely N-dealkylation sites (tertiary alicyclic amines) is 1. The number of ether oxygens (including phenoxy) is 1. The van der Waals surface area contributed by atoms with Crippen molar-refractivity contribution in [2.75, 3.05) is 20.3 Å². The first-order valence-electron chi connectivity index (χ1n) is 10.8.